The van der Waals surface area contributed by atoms with E-state index in [9.17, 15) is 9.18 Å². The van der Waals surface area contributed by atoms with Crippen molar-refractivity contribution in [2.75, 3.05) is 7.11 Å². The molecule has 0 heterocycles. The van der Waals surface area contributed by atoms with Crippen LogP contribution in [0.1, 0.15) is 10.4 Å². The molecule has 0 aliphatic heterocycles. The van der Waals surface area contributed by atoms with Gasteiger partial charge in [-0.3, -0.25) is 4.79 Å². The molecular formula is C14H9Br2FO3. The number of hydrogen-bond donors (Lipinski definition) is 0. The number of carbonyl (C=O) groups is 1. The van der Waals surface area contributed by atoms with Crippen molar-refractivity contribution in [1.29, 1.82) is 0 Å². The van der Waals surface area contributed by atoms with Crippen molar-refractivity contribution in [2.45, 2.75) is 0 Å². The normalized spacial score (nSPS) is 10.2. The predicted octanol–water partition coefficient (Wildman–Crippen LogP) is 4.96. The van der Waals surface area contributed by atoms with E-state index < -0.39 is 5.82 Å². The van der Waals surface area contributed by atoms with Gasteiger partial charge in [0.15, 0.2) is 17.9 Å². The summed E-state index contributed by atoms with van der Waals surface area (Å²) in [5.41, 5.74) is 0.142. The summed E-state index contributed by atoms with van der Waals surface area (Å²) in [5.74, 6) is 0.257. The summed E-state index contributed by atoms with van der Waals surface area (Å²) in [4.78, 5) is 10.9. The lowest BCUT2D eigenvalue weighted by atomic mass is 10.2. The maximum Gasteiger partial charge on any atom is 0.173 e. The van der Waals surface area contributed by atoms with Crippen molar-refractivity contribution >= 4 is 38.1 Å². The molecule has 0 amide bonds. The van der Waals surface area contributed by atoms with Crippen LogP contribution >= 0.6 is 31.9 Å². The molecule has 2 aromatic carbocycles. The number of rotatable bonds is 4. The third-order valence-electron chi connectivity index (χ3n) is 2.54. The Labute approximate surface area is 132 Å². The minimum atomic E-state index is -0.603. The van der Waals surface area contributed by atoms with E-state index in [0.29, 0.717) is 26.7 Å². The summed E-state index contributed by atoms with van der Waals surface area (Å²) in [6, 6.07) is 7.47. The van der Waals surface area contributed by atoms with E-state index in [1.807, 2.05) is 0 Å². The first-order chi connectivity index (χ1) is 9.56. The lowest BCUT2D eigenvalue weighted by Gasteiger charge is -2.12. The fraction of sp³-hybridized carbons (Fsp3) is 0.0714. The van der Waals surface area contributed by atoms with Gasteiger partial charge in [-0.15, -0.1) is 0 Å². The highest BCUT2D eigenvalue weighted by molar-refractivity contribution is 9.11. The Morgan fingerprint density at radius 1 is 1.15 bits per heavy atom. The highest BCUT2D eigenvalue weighted by Gasteiger charge is 2.14. The molecule has 0 atom stereocenters. The molecule has 0 aliphatic rings. The van der Waals surface area contributed by atoms with Gasteiger partial charge in [0, 0.05) is 0 Å². The van der Waals surface area contributed by atoms with E-state index in [1.54, 1.807) is 12.1 Å². The third kappa shape index (κ3) is 3.02. The summed E-state index contributed by atoms with van der Waals surface area (Å²) in [5, 5.41) is 0. The quantitative estimate of drug-likeness (QED) is 0.676. The van der Waals surface area contributed by atoms with Gasteiger partial charge in [0.05, 0.1) is 21.6 Å². The van der Waals surface area contributed by atoms with Gasteiger partial charge in [-0.05, 0) is 56.1 Å². The number of aldehydes is 1. The van der Waals surface area contributed by atoms with Gasteiger partial charge in [-0.2, -0.15) is 0 Å². The molecule has 2 aromatic rings. The van der Waals surface area contributed by atoms with Crippen molar-refractivity contribution in [3.8, 4) is 17.2 Å². The zero-order valence-corrected chi connectivity index (χ0v) is 13.5. The van der Waals surface area contributed by atoms with Crippen LogP contribution in [0, 0.1) is 5.82 Å². The SMILES string of the molecule is COc1cc(Br)c(Oc2c(F)cccc2C=O)cc1Br. The summed E-state index contributed by atoms with van der Waals surface area (Å²) < 4.78 is 25.6. The van der Waals surface area contributed by atoms with E-state index in [-0.39, 0.29) is 11.3 Å². The second-order valence-corrected chi connectivity index (χ2v) is 5.50. The highest BCUT2D eigenvalue weighted by Crippen LogP contribution is 2.39. The first-order valence-corrected chi connectivity index (χ1v) is 7.10. The maximum atomic E-state index is 13.8. The number of benzene rings is 2. The minimum Gasteiger partial charge on any atom is -0.496 e. The standard InChI is InChI=1S/C14H9Br2FO3/c1-19-12-5-10(16)13(6-9(12)15)20-14-8(7-18)3-2-4-11(14)17/h2-7H,1H3. The topological polar surface area (TPSA) is 35.5 Å². The molecule has 2 rings (SSSR count). The molecule has 0 bridgehead atoms. The Balaban J connectivity index is 2.45. The predicted molar refractivity (Wildman–Crippen MR) is 80.3 cm³/mol. The number of hydrogen-bond acceptors (Lipinski definition) is 3. The fourth-order valence-electron chi connectivity index (χ4n) is 1.58. The number of methoxy groups -OCH3 is 1. The van der Waals surface area contributed by atoms with E-state index in [0.717, 1.165) is 0 Å². The number of para-hydroxylation sites is 1. The number of halogens is 3. The van der Waals surface area contributed by atoms with E-state index in [1.165, 1.54) is 25.3 Å². The van der Waals surface area contributed by atoms with Crippen molar-refractivity contribution in [3.05, 3.63) is 50.7 Å². The molecule has 0 fully saturated rings. The van der Waals surface area contributed by atoms with Crippen LogP contribution in [0.3, 0.4) is 0 Å². The zero-order chi connectivity index (χ0) is 14.7. The molecule has 0 saturated carbocycles. The summed E-state index contributed by atoms with van der Waals surface area (Å²) in [7, 11) is 1.54. The minimum absolute atomic E-state index is 0.111. The van der Waals surface area contributed by atoms with Gasteiger partial charge in [0.2, 0.25) is 0 Å². The molecule has 6 heteroatoms. The van der Waals surface area contributed by atoms with E-state index in [2.05, 4.69) is 31.9 Å². The Morgan fingerprint density at radius 3 is 2.45 bits per heavy atom. The molecule has 0 spiro atoms. The van der Waals surface area contributed by atoms with Crippen LogP contribution in [0.2, 0.25) is 0 Å². The lowest BCUT2D eigenvalue weighted by Crippen LogP contribution is -1.95. The highest BCUT2D eigenvalue weighted by atomic mass is 79.9. The smallest absolute Gasteiger partial charge is 0.173 e. The second kappa shape index (κ2) is 6.37. The summed E-state index contributed by atoms with van der Waals surface area (Å²) in [6.07, 6.45) is 0.547. The van der Waals surface area contributed by atoms with Gasteiger partial charge in [0.25, 0.3) is 0 Å². The van der Waals surface area contributed by atoms with Gasteiger partial charge in [-0.25, -0.2) is 4.39 Å². The Morgan fingerprint density at radius 2 is 1.80 bits per heavy atom. The molecule has 0 saturated heterocycles. The van der Waals surface area contributed by atoms with Gasteiger partial charge in [-0.1, -0.05) is 6.07 Å². The van der Waals surface area contributed by atoms with Crippen LogP contribution in [0.25, 0.3) is 0 Å². The molecular weight excluding hydrogens is 395 g/mol. The fourth-order valence-corrected chi connectivity index (χ4v) is 2.47. The van der Waals surface area contributed by atoms with Crippen LogP contribution in [0.5, 0.6) is 17.2 Å². The average Bonchev–Trinajstić information content (AvgIpc) is 2.44. The van der Waals surface area contributed by atoms with Crippen molar-refractivity contribution in [2.24, 2.45) is 0 Å². The lowest BCUT2D eigenvalue weighted by molar-refractivity contribution is 0.112. The van der Waals surface area contributed by atoms with Crippen molar-refractivity contribution < 1.29 is 18.7 Å². The van der Waals surface area contributed by atoms with E-state index in [4.69, 9.17) is 9.47 Å². The van der Waals surface area contributed by atoms with E-state index >= 15 is 0 Å². The monoisotopic (exact) mass is 402 g/mol. The molecule has 3 nitrogen and oxygen atoms in total. The first-order valence-electron chi connectivity index (χ1n) is 5.51. The number of ether oxygens (including phenoxy) is 2. The van der Waals surface area contributed by atoms with Gasteiger partial charge >= 0.3 is 0 Å². The zero-order valence-electron chi connectivity index (χ0n) is 10.3. The summed E-state index contributed by atoms with van der Waals surface area (Å²) >= 11 is 6.63. The Hall–Kier alpha value is -1.40. The average molecular weight is 404 g/mol. The molecule has 0 unspecified atom stereocenters. The van der Waals surface area contributed by atoms with Crippen LogP contribution in [-0.4, -0.2) is 13.4 Å². The van der Waals surface area contributed by atoms with Crippen molar-refractivity contribution in [3.63, 3.8) is 0 Å². The van der Waals surface area contributed by atoms with Crippen LogP contribution in [-0.2, 0) is 0 Å². The van der Waals surface area contributed by atoms with Crippen LogP contribution in [0.4, 0.5) is 4.39 Å². The third-order valence-corrected chi connectivity index (χ3v) is 3.78. The molecule has 0 aromatic heterocycles. The van der Waals surface area contributed by atoms with Gasteiger partial charge in [0.1, 0.15) is 11.5 Å². The molecule has 0 aliphatic carbocycles. The van der Waals surface area contributed by atoms with Crippen LogP contribution < -0.4 is 9.47 Å². The maximum absolute atomic E-state index is 13.8. The Kier molecular flexibility index (Phi) is 4.77. The van der Waals surface area contributed by atoms with Crippen molar-refractivity contribution in [1.82, 2.24) is 0 Å². The largest absolute Gasteiger partial charge is 0.496 e. The molecule has 0 N–H and O–H groups in total. The molecule has 0 radical (unpaired) electrons. The van der Waals surface area contributed by atoms with Crippen LogP contribution in [0.15, 0.2) is 39.3 Å². The number of carbonyl (C=O) groups excluding carboxylic acids is 1. The molecule has 20 heavy (non-hydrogen) atoms. The second-order valence-electron chi connectivity index (χ2n) is 3.80. The Bertz CT molecular complexity index is 659. The van der Waals surface area contributed by atoms with Gasteiger partial charge < -0.3 is 9.47 Å². The first kappa shape index (κ1) is 15.0. The molecule has 104 valence electrons. The summed E-state index contributed by atoms with van der Waals surface area (Å²) in [6.45, 7) is 0.